The molecule has 0 aliphatic carbocycles. The van der Waals surface area contributed by atoms with E-state index in [1.165, 1.54) is 22.4 Å². The molecule has 0 spiro atoms. The maximum Gasteiger partial charge on any atom is 0.266 e. The molecule has 2 aromatic rings. The summed E-state index contributed by atoms with van der Waals surface area (Å²) in [6.07, 6.45) is 6.43. The Balaban J connectivity index is 2.14. The molecular weight excluding hydrogens is 538 g/mol. The van der Waals surface area contributed by atoms with Gasteiger partial charge < -0.3 is 0 Å². The number of hydrogen-bond acceptors (Lipinski definition) is 5. The normalized spacial score (nSPS) is 15.5. The topological polar surface area (TPSA) is 85.2 Å². The number of nitrogens with one attached hydrogen (secondary N) is 1. The monoisotopic (exact) mass is 562 g/mol. The van der Waals surface area contributed by atoms with Crippen LogP contribution in [0.3, 0.4) is 0 Å². The van der Waals surface area contributed by atoms with E-state index >= 15 is 0 Å². The van der Waals surface area contributed by atoms with E-state index in [1.54, 1.807) is 0 Å². The molecule has 1 atom stereocenters. The van der Waals surface area contributed by atoms with Crippen LogP contribution in [0.15, 0.2) is 32.5 Å². The van der Waals surface area contributed by atoms with Crippen molar-refractivity contribution in [3.8, 4) is 11.1 Å². The summed E-state index contributed by atoms with van der Waals surface area (Å²) in [7, 11) is -3.81. The largest absolute Gasteiger partial charge is 0.288 e. The average molecular weight is 563 g/mol. The maximum absolute atomic E-state index is 14.1. The first-order valence-electron chi connectivity index (χ1n) is 10.6. The zero-order valence-electron chi connectivity index (χ0n) is 18.3. The van der Waals surface area contributed by atoms with Gasteiger partial charge in [0.15, 0.2) is 11.6 Å². The second-order valence-electron chi connectivity index (χ2n) is 8.01. The Labute approximate surface area is 204 Å². The zero-order valence-corrected chi connectivity index (χ0v) is 21.5. The summed E-state index contributed by atoms with van der Waals surface area (Å²) in [4.78, 5) is 25.8. The number of halogens is 3. The van der Waals surface area contributed by atoms with Gasteiger partial charge in [-0.15, -0.1) is 11.8 Å². The fraction of sp³-hybridized carbons (Fsp3) is 0.455. The van der Waals surface area contributed by atoms with E-state index in [9.17, 15) is 26.8 Å². The van der Waals surface area contributed by atoms with E-state index in [0.717, 1.165) is 50.5 Å². The number of unbranched alkanes of at least 4 members (excludes halogenated alkanes) is 4. The molecule has 1 aliphatic heterocycles. The predicted octanol–water partition coefficient (Wildman–Crippen LogP) is 4.79. The number of rotatable bonds is 9. The van der Waals surface area contributed by atoms with E-state index in [1.807, 2.05) is 4.72 Å². The number of benzene rings is 1. The third-order valence-corrected chi connectivity index (χ3v) is 7.97. The molecule has 11 heteroatoms. The van der Waals surface area contributed by atoms with Gasteiger partial charge >= 0.3 is 0 Å². The van der Waals surface area contributed by atoms with Crippen LogP contribution in [0.2, 0.25) is 0 Å². The predicted molar refractivity (Wildman–Crippen MR) is 129 cm³/mol. The van der Waals surface area contributed by atoms with Gasteiger partial charge in [-0.2, -0.15) is 0 Å². The molecule has 0 radical (unpaired) electrons. The van der Waals surface area contributed by atoms with Crippen molar-refractivity contribution in [2.24, 2.45) is 0 Å². The Morgan fingerprint density at radius 1 is 1.21 bits per heavy atom. The third kappa shape index (κ3) is 5.86. The second kappa shape index (κ2) is 10.7. The molecule has 1 aromatic heterocycles. The van der Waals surface area contributed by atoms with Crippen molar-refractivity contribution in [2.75, 3.05) is 12.0 Å². The van der Waals surface area contributed by atoms with Crippen molar-refractivity contribution >= 4 is 43.6 Å². The van der Waals surface area contributed by atoms with Crippen LogP contribution in [0.1, 0.15) is 50.6 Å². The minimum Gasteiger partial charge on any atom is -0.288 e. The number of fused-ring (bicyclic) bond motifs is 1. The molecular formula is C22H25BrF2N2O4S2. The first kappa shape index (κ1) is 25.9. The maximum atomic E-state index is 14.1. The summed E-state index contributed by atoms with van der Waals surface area (Å²) in [6, 6.07) is 2.50. The lowest BCUT2D eigenvalue weighted by Gasteiger charge is -2.20. The van der Waals surface area contributed by atoms with Crippen LogP contribution in [0.25, 0.3) is 11.1 Å². The number of carbonyl (C=O) groups excluding carboxylic acids is 1. The highest BCUT2D eigenvalue weighted by Crippen LogP contribution is 2.43. The SMILES string of the molecule is CCCCCCCc1c(-c2ccc(F)c(F)c2)c2n(c(=O)c1Br)C(C(=O)NS(C)(=O)=O)CS2. The van der Waals surface area contributed by atoms with Gasteiger partial charge in [0.05, 0.1) is 15.8 Å². The molecule has 0 bridgehead atoms. The molecule has 0 saturated carbocycles. The Hall–Kier alpha value is -1.72. The summed E-state index contributed by atoms with van der Waals surface area (Å²) < 4.78 is 54.3. The summed E-state index contributed by atoms with van der Waals surface area (Å²) in [5.74, 6) is -2.68. The molecule has 2 heterocycles. The van der Waals surface area contributed by atoms with Gasteiger partial charge in [0.2, 0.25) is 10.0 Å². The van der Waals surface area contributed by atoms with Crippen LogP contribution < -0.4 is 10.3 Å². The van der Waals surface area contributed by atoms with E-state index < -0.39 is 39.2 Å². The van der Waals surface area contributed by atoms with Gasteiger partial charge in [0.25, 0.3) is 11.5 Å². The van der Waals surface area contributed by atoms with Gasteiger partial charge in [0.1, 0.15) is 6.04 Å². The van der Waals surface area contributed by atoms with Gasteiger partial charge in [-0.1, -0.05) is 38.7 Å². The number of aromatic nitrogens is 1. The molecule has 1 unspecified atom stereocenters. The lowest BCUT2D eigenvalue weighted by molar-refractivity contribution is -0.122. The van der Waals surface area contributed by atoms with Crippen LogP contribution in [-0.2, 0) is 21.2 Å². The van der Waals surface area contributed by atoms with E-state index in [-0.39, 0.29) is 10.2 Å². The first-order chi connectivity index (χ1) is 15.5. The fourth-order valence-electron chi connectivity index (χ4n) is 3.88. The minimum absolute atomic E-state index is 0.139. The number of carbonyl (C=O) groups is 1. The minimum atomic E-state index is -3.81. The molecule has 3 rings (SSSR count). The Morgan fingerprint density at radius 3 is 2.55 bits per heavy atom. The quantitative estimate of drug-likeness (QED) is 0.444. The highest BCUT2D eigenvalue weighted by atomic mass is 79.9. The van der Waals surface area contributed by atoms with Crippen molar-refractivity contribution in [3.05, 3.63) is 50.2 Å². The number of hydrogen-bond donors (Lipinski definition) is 1. The Morgan fingerprint density at radius 2 is 1.91 bits per heavy atom. The van der Waals surface area contributed by atoms with E-state index in [2.05, 4.69) is 22.9 Å². The summed E-state index contributed by atoms with van der Waals surface area (Å²) in [5.41, 5.74) is 1.15. The lowest BCUT2D eigenvalue weighted by atomic mass is 9.96. The van der Waals surface area contributed by atoms with Crippen molar-refractivity contribution in [3.63, 3.8) is 0 Å². The first-order valence-corrected chi connectivity index (χ1v) is 14.3. The Kier molecular flexibility index (Phi) is 8.39. The molecule has 33 heavy (non-hydrogen) atoms. The number of sulfonamides is 1. The zero-order chi connectivity index (χ0) is 24.3. The third-order valence-electron chi connectivity index (χ3n) is 5.42. The number of amides is 1. The lowest BCUT2D eigenvalue weighted by Crippen LogP contribution is -2.39. The molecule has 0 fully saturated rings. The molecule has 1 aromatic carbocycles. The number of pyridine rings is 1. The highest BCUT2D eigenvalue weighted by Gasteiger charge is 2.36. The van der Waals surface area contributed by atoms with Crippen LogP contribution in [0, 0.1) is 11.6 Å². The van der Waals surface area contributed by atoms with Crippen molar-refractivity contribution < 1.29 is 22.0 Å². The standard InChI is InChI=1S/C22H25BrF2N2O4S2/c1-3-4-5-6-7-8-14-18(13-9-10-15(24)16(25)11-13)22-27(21(29)19(14)23)17(12-32-22)20(28)26-33(2,30)31/h9-11,17H,3-8,12H2,1-2H3,(H,26,28). The number of thioether (sulfide) groups is 1. The summed E-state index contributed by atoms with van der Waals surface area (Å²) >= 11 is 4.59. The van der Waals surface area contributed by atoms with Gasteiger partial charge in [-0.3, -0.25) is 18.9 Å². The number of nitrogens with zero attached hydrogens (tertiary/aromatic N) is 1. The van der Waals surface area contributed by atoms with Crippen molar-refractivity contribution in [2.45, 2.75) is 56.5 Å². The molecule has 1 N–H and O–H groups in total. The van der Waals surface area contributed by atoms with Gasteiger partial charge in [0, 0.05) is 11.3 Å². The average Bonchev–Trinajstić information content (AvgIpc) is 3.17. The van der Waals surface area contributed by atoms with Crippen LogP contribution in [-0.4, -0.2) is 30.9 Å². The van der Waals surface area contributed by atoms with Gasteiger partial charge in [-0.25, -0.2) is 17.2 Å². The molecule has 1 amide bonds. The van der Waals surface area contributed by atoms with Crippen LogP contribution >= 0.6 is 27.7 Å². The highest BCUT2D eigenvalue weighted by molar-refractivity contribution is 9.10. The van der Waals surface area contributed by atoms with Crippen molar-refractivity contribution in [1.29, 1.82) is 0 Å². The molecule has 0 saturated heterocycles. The second-order valence-corrected chi connectivity index (χ2v) is 11.6. The Bertz CT molecular complexity index is 1230. The van der Waals surface area contributed by atoms with E-state index in [4.69, 9.17) is 0 Å². The van der Waals surface area contributed by atoms with E-state index in [0.29, 0.717) is 28.1 Å². The molecule has 180 valence electrons. The summed E-state index contributed by atoms with van der Waals surface area (Å²) in [6.45, 7) is 2.12. The smallest absolute Gasteiger partial charge is 0.266 e. The van der Waals surface area contributed by atoms with Crippen LogP contribution in [0.4, 0.5) is 8.78 Å². The molecule has 1 aliphatic rings. The molecule has 6 nitrogen and oxygen atoms in total. The summed E-state index contributed by atoms with van der Waals surface area (Å²) in [5, 5.41) is 0.436. The van der Waals surface area contributed by atoms with Gasteiger partial charge in [-0.05, 0) is 52.0 Å². The van der Waals surface area contributed by atoms with Crippen molar-refractivity contribution in [1.82, 2.24) is 9.29 Å². The van der Waals surface area contributed by atoms with Crippen LogP contribution in [0.5, 0.6) is 0 Å². The fourth-order valence-corrected chi connectivity index (χ4v) is 6.32.